The molecule has 0 spiro atoms. The predicted octanol–water partition coefficient (Wildman–Crippen LogP) is 1.26. The third-order valence-electron chi connectivity index (χ3n) is 2.18. The van der Waals surface area contributed by atoms with E-state index in [1.807, 2.05) is 18.7 Å². The standard InChI is InChI=1S/C9H16BrNO2/c1-7(2)9(12)11-3-4-13-6-8(11)5-10/h7-8H,3-6H2,1-2H3. The Morgan fingerprint density at radius 2 is 2.38 bits per heavy atom. The summed E-state index contributed by atoms with van der Waals surface area (Å²) in [4.78, 5) is 13.6. The molecule has 0 saturated carbocycles. The highest BCUT2D eigenvalue weighted by Crippen LogP contribution is 2.12. The molecule has 0 aromatic carbocycles. The molecule has 3 nitrogen and oxygen atoms in total. The highest BCUT2D eigenvalue weighted by atomic mass is 79.9. The lowest BCUT2D eigenvalue weighted by Crippen LogP contribution is -2.50. The van der Waals surface area contributed by atoms with E-state index < -0.39 is 0 Å². The average Bonchev–Trinajstić information content (AvgIpc) is 2.16. The number of carbonyl (C=O) groups excluding carboxylic acids is 1. The first kappa shape index (κ1) is 11.0. The minimum atomic E-state index is 0.0830. The maximum absolute atomic E-state index is 11.7. The van der Waals surface area contributed by atoms with Gasteiger partial charge in [0.2, 0.25) is 5.91 Å². The number of halogens is 1. The van der Waals surface area contributed by atoms with Gasteiger partial charge < -0.3 is 9.64 Å². The van der Waals surface area contributed by atoms with Crippen LogP contribution in [0.15, 0.2) is 0 Å². The maximum atomic E-state index is 11.7. The van der Waals surface area contributed by atoms with Crippen molar-refractivity contribution in [3.63, 3.8) is 0 Å². The molecule has 0 N–H and O–H groups in total. The zero-order valence-electron chi connectivity index (χ0n) is 8.12. The van der Waals surface area contributed by atoms with Crippen molar-refractivity contribution in [2.24, 2.45) is 5.92 Å². The average molecular weight is 250 g/mol. The molecule has 1 fully saturated rings. The highest BCUT2D eigenvalue weighted by Gasteiger charge is 2.27. The fraction of sp³-hybridized carbons (Fsp3) is 0.889. The van der Waals surface area contributed by atoms with Crippen molar-refractivity contribution in [1.82, 2.24) is 4.90 Å². The second-order valence-electron chi connectivity index (χ2n) is 3.57. The summed E-state index contributed by atoms with van der Waals surface area (Å²) in [5.41, 5.74) is 0. The minimum Gasteiger partial charge on any atom is -0.377 e. The van der Waals surface area contributed by atoms with Gasteiger partial charge in [-0.15, -0.1) is 0 Å². The number of hydrogen-bond donors (Lipinski definition) is 0. The SMILES string of the molecule is CC(C)C(=O)N1CCOCC1CBr. The summed E-state index contributed by atoms with van der Waals surface area (Å²) in [7, 11) is 0. The van der Waals surface area contributed by atoms with Gasteiger partial charge in [-0.25, -0.2) is 0 Å². The maximum Gasteiger partial charge on any atom is 0.225 e. The molecule has 1 unspecified atom stereocenters. The van der Waals surface area contributed by atoms with Crippen LogP contribution in [0.25, 0.3) is 0 Å². The van der Waals surface area contributed by atoms with Gasteiger partial charge in [0, 0.05) is 17.8 Å². The second kappa shape index (κ2) is 4.96. The summed E-state index contributed by atoms with van der Waals surface area (Å²) in [6, 6.07) is 0.212. The first-order valence-electron chi connectivity index (χ1n) is 4.61. The summed E-state index contributed by atoms with van der Waals surface area (Å²) in [5, 5.41) is 0.797. The van der Waals surface area contributed by atoms with E-state index in [0.717, 1.165) is 11.9 Å². The minimum absolute atomic E-state index is 0.0830. The molecule has 0 radical (unpaired) electrons. The highest BCUT2D eigenvalue weighted by molar-refractivity contribution is 9.09. The normalized spacial score (nSPS) is 23.7. The number of amides is 1. The van der Waals surface area contributed by atoms with Crippen LogP contribution in [0.2, 0.25) is 0 Å². The van der Waals surface area contributed by atoms with E-state index in [9.17, 15) is 4.79 Å². The van der Waals surface area contributed by atoms with Crippen LogP contribution in [0.4, 0.5) is 0 Å². The summed E-state index contributed by atoms with van der Waals surface area (Å²) in [5.74, 6) is 0.312. The zero-order valence-corrected chi connectivity index (χ0v) is 9.71. The zero-order chi connectivity index (χ0) is 9.84. The topological polar surface area (TPSA) is 29.5 Å². The van der Waals surface area contributed by atoms with Crippen molar-refractivity contribution in [2.75, 3.05) is 25.1 Å². The summed E-state index contributed by atoms with van der Waals surface area (Å²) >= 11 is 3.39. The number of alkyl halides is 1. The van der Waals surface area contributed by atoms with Crippen molar-refractivity contribution >= 4 is 21.8 Å². The summed E-state index contributed by atoms with van der Waals surface area (Å²) < 4.78 is 5.31. The molecule has 0 aromatic heterocycles. The Bertz CT molecular complexity index is 184. The molecule has 1 rings (SSSR count). The molecule has 0 aliphatic carbocycles. The largest absolute Gasteiger partial charge is 0.377 e. The third kappa shape index (κ3) is 2.68. The smallest absolute Gasteiger partial charge is 0.225 e. The monoisotopic (exact) mass is 249 g/mol. The van der Waals surface area contributed by atoms with E-state index in [1.165, 1.54) is 0 Å². The molecule has 1 amide bonds. The summed E-state index contributed by atoms with van der Waals surface area (Å²) in [6.07, 6.45) is 0. The number of rotatable bonds is 2. The fourth-order valence-corrected chi connectivity index (χ4v) is 1.94. The first-order chi connectivity index (χ1) is 6.16. The molecule has 0 aromatic rings. The van der Waals surface area contributed by atoms with Crippen LogP contribution in [-0.2, 0) is 9.53 Å². The Balaban J connectivity index is 2.58. The van der Waals surface area contributed by atoms with Crippen LogP contribution >= 0.6 is 15.9 Å². The van der Waals surface area contributed by atoms with Crippen molar-refractivity contribution < 1.29 is 9.53 Å². The predicted molar refractivity (Wildman–Crippen MR) is 55.0 cm³/mol. The number of hydrogen-bond acceptors (Lipinski definition) is 2. The molecule has 1 aliphatic heterocycles. The van der Waals surface area contributed by atoms with E-state index >= 15 is 0 Å². The molecular formula is C9H16BrNO2. The second-order valence-corrected chi connectivity index (χ2v) is 4.22. The lowest BCUT2D eigenvalue weighted by Gasteiger charge is -2.35. The van der Waals surface area contributed by atoms with E-state index in [1.54, 1.807) is 0 Å². The van der Waals surface area contributed by atoms with Gasteiger partial charge in [-0.2, -0.15) is 0 Å². The quantitative estimate of drug-likeness (QED) is 0.690. The number of carbonyl (C=O) groups is 1. The number of ether oxygens (including phenoxy) is 1. The Morgan fingerprint density at radius 3 is 2.92 bits per heavy atom. The van der Waals surface area contributed by atoms with Gasteiger partial charge in [0.15, 0.2) is 0 Å². The molecule has 76 valence electrons. The van der Waals surface area contributed by atoms with Gasteiger partial charge >= 0.3 is 0 Å². The molecular weight excluding hydrogens is 234 g/mol. The molecule has 1 aliphatic rings. The van der Waals surface area contributed by atoms with Crippen LogP contribution in [0, 0.1) is 5.92 Å². The lowest BCUT2D eigenvalue weighted by atomic mass is 10.1. The number of morpholine rings is 1. The van der Waals surface area contributed by atoms with E-state index in [0.29, 0.717) is 13.2 Å². The van der Waals surface area contributed by atoms with Gasteiger partial charge in [0.25, 0.3) is 0 Å². The van der Waals surface area contributed by atoms with Crippen molar-refractivity contribution in [3.05, 3.63) is 0 Å². The van der Waals surface area contributed by atoms with Gasteiger partial charge in [0.05, 0.1) is 19.3 Å². The lowest BCUT2D eigenvalue weighted by molar-refractivity contribution is -0.142. The molecule has 4 heteroatoms. The van der Waals surface area contributed by atoms with Crippen LogP contribution in [0.3, 0.4) is 0 Å². The molecule has 1 saturated heterocycles. The molecule has 1 heterocycles. The van der Waals surface area contributed by atoms with Crippen molar-refractivity contribution in [1.29, 1.82) is 0 Å². The van der Waals surface area contributed by atoms with Crippen LogP contribution in [-0.4, -0.2) is 41.9 Å². The molecule has 1 atom stereocenters. The van der Waals surface area contributed by atoms with E-state index in [4.69, 9.17) is 4.74 Å². The Hall–Kier alpha value is -0.0900. The van der Waals surface area contributed by atoms with Crippen molar-refractivity contribution in [3.8, 4) is 0 Å². The Morgan fingerprint density at radius 1 is 1.69 bits per heavy atom. The van der Waals surface area contributed by atoms with Gasteiger partial charge in [0.1, 0.15) is 0 Å². The first-order valence-corrected chi connectivity index (χ1v) is 5.73. The fourth-order valence-electron chi connectivity index (χ4n) is 1.40. The molecule has 13 heavy (non-hydrogen) atoms. The Labute approximate surface area is 87.6 Å². The summed E-state index contributed by atoms with van der Waals surface area (Å²) in [6.45, 7) is 5.92. The van der Waals surface area contributed by atoms with E-state index in [-0.39, 0.29) is 17.9 Å². The third-order valence-corrected chi connectivity index (χ3v) is 2.93. The van der Waals surface area contributed by atoms with Crippen LogP contribution < -0.4 is 0 Å². The Kier molecular flexibility index (Phi) is 4.19. The van der Waals surface area contributed by atoms with Crippen LogP contribution in [0.5, 0.6) is 0 Å². The van der Waals surface area contributed by atoms with Crippen LogP contribution in [0.1, 0.15) is 13.8 Å². The van der Waals surface area contributed by atoms with Gasteiger partial charge in [-0.3, -0.25) is 4.79 Å². The number of nitrogens with zero attached hydrogens (tertiary/aromatic N) is 1. The van der Waals surface area contributed by atoms with Gasteiger partial charge in [-0.05, 0) is 0 Å². The van der Waals surface area contributed by atoms with E-state index in [2.05, 4.69) is 15.9 Å². The molecule has 0 bridgehead atoms. The van der Waals surface area contributed by atoms with Gasteiger partial charge in [-0.1, -0.05) is 29.8 Å². The van der Waals surface area contributed by atoms with Crippen molar-refractivity contribution in [2.45, 2.75) is 19.9 Å².